The van der Waals surface area contributed by atoms with Crippen molar-refractivity contribution in [2.45, 2.75) is 63.2 Å². The molecule has 2 fully saturated rings. The minimum atomic E-state index is 0.272. The number of rotatable bonds is 3. The minimum Gasteiger partial charge on any atom is -0.329 e. The van der Waals surface area contributed by atoms with Crippen molar-refractivity contribution in [2.24, 2.45) is 11.1 Å². The van der Waals surface area contributed by atoms with Crippen LogP contribution in [0.25, 0.3) is 0 Å². The molecule has 1 aliphatic heterocycles. The molecule has 0 bridgehead atoms. The molecule has 1 unspecified atom stereocenters. The molecule has 1 aliphatic carbocycles. The molecule has 106 valence electrons. The quantitative estimate of drug-likeness (QED) is 0.854. The maximum Gasteiger partial charge on any atom is 0.0382 e. The molecule has 1 saturated carbocycles. The maximum atomic E-state index is 6.26. The lowest BCUT2D eigenvalue weighted by Crippen LogP contribution is -2.65. The van der Waals surface area contributed by atoms with Crippen LogP contribution in [0.3, 0.4) is 0 Å². The van der Waals surface area contributed by atoms with Crippen molar-refractivity contribution in [3.63, 3.8) is 0 Å². The van der Waals surface area contributed by atoms with Gasteiger partial charge in [-0.1, -0.05) is 26.7 Å². The Morgan fingerprint density at radius 2 is 1.78 bits per heavy atom. The fraction of sp³-hybridized carbons (Fsp3) is 1.00. The summed E-state index contributed by atoms with van der Waals surface area (Å²) in [4.78, 5) is 2.75. The third-order valence-electron chi connectivity index (χ3n) is 5.62. The van der Waals surface area contributed by atoms with Gasteiger partial charge in [0, 0.05) is 17.3 Å². The third kappa shape index (κ3) is 2.46. The number of thioether (sulfide) groups is 1. The highest BCUT2D eigenvalue weighted by atomic mass is 32.2. The van der Waals surface area contributed by atoms with E-state index in [1.54, 1.807) is 0 Å². The number of nitrogens with two attached hydrogens (primary N) is 1. The normalized spacial score (nSPS) is 34.7. The smallest absolute Gasteiger partial charge is 0.0382 e. The molecular formula is C15H30N2S. The first kappa shape index (κ1) is 14.7. The van der Waals surface area contributed by atoms with Crippen LogP contribution in [0.1, 0.15) is 52.4 Å². The van der Waals surface area contributed by atoms with Crippen LogP contribution in [0.5, 0.6) is 0 Å². The Morgan fingerprint density at radius 1 is 1.17 bits per heavy atom. The van der Waals surface area contributed by atoms with Crippen molar-refractivity contribution in [3.8, 4) is 0 Å². The van der Waals surface area contributed by atoms with Gasteiger partial charge in [-0.2, -0.15) is 11.8 Å². The number of piperidine rings is 1. The van der Waals surface area contributed by atoms with E-state index < -0.39 is 0 Å². The van der Waals surface area contributed by atoms with Crippen LogP contribution >= 0.6 is 11.8 Å². The van der Waals surface area contributed by atoms with Crippen LogP contribution in [-0.2, 0) is 0 Å². The lowest BCUT2D eigenvalue weighted by Gasteiger charge is -2.57. The first-order chi connectivity index (χ1) is 8.55. The molecule has 18 heavy (non-hydrogen) atoms. The van der Waals surface area contributed by atoms with Crippen LogP contribution in [-0.4, -0.2) is 41.6 Å². The van der Waals surface area contributed by atoms with Gasteiger partial charge in [0.25, 0.3) is 0 Å². The monoisotopic (exact) mass is 270 g/mol. The van der Waals surface area contributed by atoms with Crippen molar-refractivity contribution in [1.82, 2.24) is 4.90 Å². The first-order valence-electron chi connectivity index (χ1n) is 7.54. The van der Waals surface area contributed by atoms with Gasteiger partial charge in [0.2, 0.25) is 0 Å². The molecule has 2 aliphatic rings. The lowest BCUT2D eigenvalue weighted by atomic mass is 9.62. The van der Waals surface area contributed by atoms with Crippen molar-refractivity contribution in [1.29, 1.82) is 0 Å². The van der Waals surface area contributed by atoms with Crippen molar-refractivity contribution < 1.29 is 0 Å². The van der Waals surface area contributed by atoms with Crippen LogP contribution in [0.15, 0.2) is 0 Å². The van der Waals surface area contributed by atoms with Gasteiger partial charge in [-0.05, 0) is 50.4 Å². The van der Waals surface area contributed by atoms with Crippen LogP contribution in [0, 0.1) is 5.41 Å². The van der Waals surface area contributed by atoms with Gasteiger partial charge in [0.15, 0.2) is 0 Å². The molecule has 0 spiro atoms. The molecule has 3 heteroatoms. The SMILES string of the molecule is CSC1CCN(C2(CN)CCCCC2(C)C)CC1. The van der Waals surface area contributed by atoms with Crippen molar-refractivity contribution in [2.75, 3.05) is 25.9 Å². The van der Waals surface area contributed by atoms with Crippen molar-refractivity contribution in [3.05, 3.63) is 0 Å². The molecule has 0 aromatic heterocycles. The van der Waals surface area contributed by atoms with Crippen LogP contribution < -0.4 is 5.73 Å². The second kappa shape index (κ2) is 5.72. The number of nitrogens with zero attached hydrogens (tertiary/aromatic N) is 1. The molecule has 0 amide bonds. The second-order valence-electron chi connectivity index (χ2n) is 6.75. The predicted molar refractivity (Wildman–Crippen MR) is 82.1 cm³/mol. The molecule has 0 aromatic rings. The van der Waals surface area contributed by atoms with Crippen LogP contribution in [0.2, 0.25) is 0 Å². The summed E-state index contributed by atoms with van der Waals surface area (Å²) in [5, 5.41) is 0.878. The Bertz CT molecular complexity index is 272. The zero-order chi connectivity index (χ0) is 13.2. The fourth-order valence-electron chi connectivity index (χ4n) is 4.17. The summed E-state index contributed by atoms with van der Waals surface area (Å²) < 4.78 is 0. The van der Waals surface area contributed by atoms with Gasteiger partial charge in [0.1, 0.15) is 0 Å². The van der Waals surface area contributed by atoms with Gasteiger partial charge in [-0.25, -0.2) is 0 Å². The van der Waals surface area contributed by atoms with E-state index in [0.717, 1.165) is 11.8 Å². The molecule has 1 atom stereocenters. The minimum absolute atomic E-state index is 0.272. The van der Waals surface area contributed by atoms with Crippen molar-refractivity contribution >= 4 is 11.8 Å². The van der Waals surface area contributed by atoms with E-state index in [4.69, 9.17) is 5.73 Å². The van der Waals surface area contributed by atoms with E-state index in [1.165, 1.54) is 51.6 Å². The number of hydrogen-bond acceptors (Lipinski definition) is 3. The summed E-state index contributed by atoms with van der Waals surface area (Å²) in [5.41, 5.74) is 6.92. The molecule has 2 rings (SSSR count). The highest BCUT2D eigenvalue weighted by molar-refractivity contribution is 7.99. The predicted octanol–water partition coefficient (Wildman–Crippen LogP) is 3.11. The highest BCUT2D eigenvalue weighted by Gasteiger charge is 2.49. The summed E-state index contributed by atoms with van der Waals surface area (Å²) in [6.07, 6.45) is 10.3. The number of likely N-dealkylation sites (tertiary alicyclic amines) is 1. The molecule has 2 N–H and O–H groups in total. The lowest BCUT2D eigenvalue weighted by molar-refractivity contribution is -0.0521. The molecular weight excluding hydrogens is 240 g/mol. The Labute approximate surface area is 117 Å². The van der Waals surface area contributed by atoms with Gasteiger partial charge in [-0.3, -0.25) is 4.90 Å². The summed E-state index contributed by atoms with van der Waals surface area (Å²) >= 11 is 2.04. The van der Waals surface area contributed by atoms with E-state index in [9.17, 15) is 0 Å². The Morgan fingerprint density at radius 3 is 2.28 bits per heavy atom. The topological polar surface area (TPSA) is 29.3 Å². The largest absolute Gasteiger partial charge is 0.329 e. The van der Waals surface area contributed by atoms with E-state index in [2.05, 4.69) is 25.0 Å². The maximum absolute atomic E-state index is 6.26. The fourth-order valence-corrected chi connectivity index (χ4v) is 4.85. The summed E-state index contributed by atoms with van der Waals surface area (Å²) in [6, 6.07) is 0. The molecule has 1 heterocycles. The van der Waals surface area contributed by atoms with E-state index in [1.807, 2.05) is 11.8 Å². The van der Waals surface area contributed by atoms with Gasteiger partial charge in [-0.15, -0.1) is 0 Å². The average molecular weight is 270 g/mol. The summed E-state index contributed by atoms with van der Waals surface area (Å²) in [5.74, 6) is 0. The van der Waals surface area contributed by atoms with Gasteiger partial charge >= 0.3 is 0 Å². The number of hydrogen-bond donors (Lipinski definition) is 1. The van der Waals surface area contributed by atoms with E-state index in [-0.39, 0.29) is 5.54 Å². The zero-order valence-electron chi connectivity index (χ0n) is 12.4. The molecule has 1 saturated heterocycles. The standard InChI is InChI=1S/C15H30N2S/c1-14(2)8-4-5-9-15(14,12-16)17-10-6-13(18-3)7-11-17/h13H,4-12,16H2,1-3H3. The Balaban J connectivity index is 2.12. The van der Waals surface area contributed by atoms with Gasteiger partial charge < -0.3 is 5.73 Å². The average Bonchev–Trinajstić information content (AvgIpc) is 2.39. The highest BCUT2D eigenvalue weighted by Crippen LogP contribution is 2.48. The summed E-state index contributed by atoms with van der Waals surface area (Å²) in [6.45, 7) is 8.24. The Hall–Kier alpha value is 0.270. The van der Waals surface area contributed by atoms with E-state index in [0.29, 0.717) is 5.41 Å². The second-order valence-corrected chi connectivity index (χ2v) is 7.89. The van der Waals surface area contributed by atoms with Gasteiger partial charge in [0.05, 0.1) is 0 Å². The Kier molecular flexibility index (Phi) is 4.66. The molecule has 0 aromatic carbocycles. The van der Waals surface area contributed by atoms with E-state index >= 15 is 0 Å². The molecule has 0 radical (unpaired) electrons. The zero-order valence-corrected chi connectivity index (χ0v) is 13.2. The summed E-state index contributed by atoms with van der Waals surface area (Å²) in [7, 11) is 0. The third-order valence-corrected chi connectivity index (χ3v) is 6.76. The first-order valence-corrected chi connectivity index (χ1v) is 8.82. The van der Waals surface area contributed by atoms with Crippen LogP contribution in [0.4, 0.5) is 0 Å². The molecule has 2 nitrogen and oxygen atoms in total.